The molecule has 0 aliphatic heterocycles. The number of unbranched alkanes of at least 4 members (excludes halogenated alkanes) is 21. The van der Waals surface area contributed by atoms with E-state index in [0.717, 1.165) is 77.0 Å². The van der Waals surface area contributed by atoms with Gasteiger partial charge in [-0.1, -0.05) is 167 Å². The van der Waals surface area contributed by atoms with Crippen LogP contribution < -0.4 is 0 Å². The summed E-state index contributed by atoms with van der Waals surface area (Å²) in [6.07, 6.45) is 45.9. The van der Waals surface area contributed by atoms with E-state index in [1.54, 1.807) is 0 Å². The summed E-state index contributed by atoms with van der Waals surface area (Å²) in [7, 11) is -2.30. The van der Waals surface area contributed by atoms with Gasteiger partial charge in [-0.2, -0.15) is 0 Å². The summed E-state index contributed by atoms with van der Waals surface area (Å²) in [5.41, 5.74) is 0. The molecule has 6 nitrogen and oxygen atoms in total. The van der Waals surface area contributed by atoms with Crippen molar-refractivity contribution in [2.75, 3.05) is 46.1 Å². The number of nitrogens with zero attached hydrogens (tertiary/aromatic N) is 1. The normalized spacial score (nSPS) is 13.6. The van der Waals surface area contributed by atoms with Gasteiger partial charge < -0.3 is 23.8 Å². The lowest BCUT2D eigenvalue weighted by atomic mass is 9.99. The van der Waals surface area contributed by atoms with Crippen LogP contribution in [-0.4, -0.2) is 76.0 Å². The summed E-state index contributed by atoms with van der Waals surface area (Å²) < 4.78 is 19.4. The van der Waals surface area contributed by atoms with E-state index in [9.17, 15) is 10.2 Å². The highest BCUT2D eigenvalue weighted by atomic mass is 28.4. The third-order valence-corrected chi connectivity index (χ3v) is 12.5. The summed E-state index contributed by atoms with van der Waals surface area (Å²) >= 11 is 0. The highest BCUT2D eigenvalue weighted by Gasteiger charge is 2.29. The smallest absolute Gasteiger partial charge is 0.333 e. The van der Waals surface area contributed by atoms with E-state index in [2.05, 4.69) is 63.1 Å². The lowest BCUT2D eigenvalue weighted by molar-refractivity contribution is -0.104. The Hall–Kier alpha value is -0.543. The van der Waals surface area contributed by atoms with E-state index in [4.69, 9.17) is 13.6 Å². The van der Waals surface area contributed by atoms with Gasteiger partial charge in [0, 0.05) is 26.3 Å². The summed E-state index contributed by atoms with van der Waals surface area (Å²) in [4.78, 5) is 2.13. The van der Waals surface area contributed by atoms with E-state index in [-0.39, 0.29) is 19.5 Å². The van der Waals surface area contributed by atoms with Gasteiger partial charge in [0.2, 0.25) is 0 Å². The van der Waals surface area contributed by atoms with Crippen LogP contribution in [-0.2, 0) is 13.6 Å². The molecule has 54 heavy (non-hydrogen) atoms. The maximum absolute atomic E-state index is 9.22. The molecule has 2 N–H and O–H groups in total. The summed E-state index contributed by atoms with van der Waals surface area (Å²) in [6.45, 7) is 15.3. The average Bonchev–Trinajstić information content (AvgIpc) is 3.15. The fraction of sp³-hybridized carbons (Fsp3) is 0.915. The van der Waals surface area contributed by atoms with Crippen LogP contribution in [0.5, 0.6) is 0 Å². The van der Waals surface area contributed by atoms with Crippen molar-refractivity contribution >= 4 is 8.56 Å². The van der Waals surface area contributed by atoms with Gasteiger partial charge in [-0.15, -0.1) is 0 Å². The van der Waals surface area contributed by atoms with Crippen LogP contribution in [0.15, 0.2) is 24.3 Å². The third kappa shape index (κ3) is 39.7. The number of hydrogen-bond donors (Lipinski definition) is 2. The van der Waals surface area contributed by atoms with Gasteiger partial charge in [0.05, 0.1) is 13.2 Å². The summed E-state index contributed by atoms with van der Waals surface area (Å²) in [5, 5.41) is 18.4. The van der Waals surface area contributed by atoms with Gasteiger partial charge in [0.15, 0.2) is 0 Å². The highest BCUT2D eigenvalue weighted by Crippen LogP contribution is 2.20. The molecule has 0 aromatic rings. The van der Waals surface area contributed by atoms with Crippen LogP contribution in [0.2, 0.25) is 13.1 Å². The number of aliphatic hydroxyl groups excluding tert-OH is 2. The van der Waals surface area contributed by atoms with Crippen LogP contribution in [0.3, 0.4) is 0 Å². The molecule has 0 aliphatic carbocycles. The van der Waals surface area contributed by atoms with Gasteiger partial charge in [-0.25, -0.2) is 0 Å². The number of allylic oxidation sites excluding steroid dienone is 4. The van der Waals surface area contributed by atoms with Crippen LogP contribution in [0, 0.1) is 5.92 Å². The molecule has 0 aliphatic rings. The second-order valence-corrected chi connectivity index (χ2v) is 19.9. The Morgan fingerprint density at radius 2 is 1.02 bits per heavy atom. The molecule has 0 fully saturated rings. The molecule has 0 rings (SSSR count). The molecule has 2 atom stereocenters. The summed E-state index contributed by atoms with van der Waals surface area (Å²) in [6, 6.07) is 0. The second kappa shape index (κ2) is 42.1. The van der Waals surface area contributed by atoms with Crippen molar-refractivity contribution in [1.29, 1.82) is 0 Å². The zero-order chi connectivity index (χ0) is 39.6. The topological polar surface area (TPSA) is 71.4 Å². The minimum atomic E-state index is -2.30. The zero-order valence-corrected chi connectivity index (χ0v) is 38.0. The molecule has 0 radical (unpaired) electrons. The molecule has 7 heteroatoms. The first kappa shape index (κ1) is 53.5. The molecule has 0 amide bonds. The molecule has 2 unspecified atom stereocenters. The molecular weight excluding hydrogens is 687 g/mol. The minimum absolute atomic E-state index is 0.146. The fourth-order valence-corrected chi connectivity index (χ4v) is 8.50. The van der Waals surface area contributed by atoms with Crippen molar-refractivity contribution in [3.05, 3.63) is 24.3 Å². The molecule has 0 bridgehead atoms. The Labute approximate surface area is 338 Å². The molecular formula is C47H95NO5Si. The lowest BCUT2D eigenvalue weighted by Crippen LogP contribution is -2.40. The van der Waals surface area contributed by atoms with Crippen LogP contribution in [0.1, 0.15) is 207 Å². The maximum Gasteiger partial charge on any atom is 0.333 e. The van der Waals surface area contributed by atoms with Gasteiger partial charge in [-0.3, -0.25) is 4.90 Å². The molecule has 0 saturated heterocycles. The van der Waals surface area contributed by atoms with Gasteiger partial charge in [-0.05, 0) is 89.8 Å². The molecule has 322 valence electrons. The molecule has 0 heterocycles. The van der Waals surface area contributed by atoms with Crippen LogP contribution >= 0.6 is 0 Å². The van der Waals surface area contributed by atoms with Crippen molar-refractivity contribution in [3.63, 3.8) is 0 Å². The first-order valence-electron chi connectivity index (χ1n) is 23.6. The predicted octanol–water partition coefficient (Wildman–Crippen LogP) is 13.5. The third-order valence-electron chi connectivity index (χ3n) is 10.8. The van der Waals surface area contributed by atoms with Crippen molar-refractivity contribution in [2.45, 2.75) is 226 Å². The largest absolute Gasteiger partial charge is 0.395 e. The number of hydrogen-bond acceptors (Lipinski definition) is 6. The Balaban J connectivity index is 4.36. The number of aliphatic hydroxyl groups is 2. The van der Waals surface area contributed by atoms with E-state index in [1.165, 1.54) is 135 Å². The van der Waals surface area contributed by atoms with E-state index in [1.807, 2.05) is 0 Å². The Kier molecular flexibility index (Phi) is 41.7. The molecule has 0 saturated carbocycles. The fourth-order valence-electron chi connectivity index (χ4n) is 6.98. The Bertz CT molecular complexity index is 788. The first-order valence-corrected chi connectivity index (χ1v) is 26.4. The van der Waals surface area contributed by atoms with Crippen molar-refractivity contribution < 1.29 is 23.8 Å². The lowest BCUT2D eigenvalue weighted by Gasteiger charge is -2.29. The monoisotopic (exact) mass is 782 g/mol. The standard InChI is InChI=1S/C47H95NO5Si/c1-6-8-9-10-11-12-13-14-15-16-19-22-25-28-33-38-47(51-44-35-30-26-23-20-17-18-21-24-27-32-37-46(3)7-2)53-54(4,5)52-45-36-31-29-34-39-48(40-42-49)41-43-50/h11-12,14-15,46-47,49-50H,6-10,13,16-45H2,1-5H3/b12-11-,15-14-. The first-order chi connectivity index (χ1) is 26.4. The number of ether oxygens (including phenoxy) is 1. The molecule has 0 aromatic carbocycles. The second-order valence-electron chi connectivity index (χ2n) is 16.6. The quantitative estimate of drug-likeness (QED) is 0.0278. The zero-order valence-electron chi connectivity index (χ0n) is 37.0. The number of rotatable bonds is 44. The van der Waals surface area contributed by atoms with E-state index < -0.39 is 8.56 Å². The average molecular weight is 782 g/mol. The SMILES string of the molecule is CCCCC/C=C\C/C=C\CCCCCCCC(OCCCCCCCCCCCCCC(C)CC)O[Si](C)(C)OCCCCCCN(CCO)CCO. The molecule has 0 spiro atoms. The Morgan fingerprint density at radius 1 is 0.537 bits per heavy atom. The Morgan fingerprint density at radius 3 is 1.57 bits per heavy atom. The van der Waals surface area contributed by atoms with Crippen molar-refractivity contribution in [3.8, 4) is 0 Å². The molecule has 0 aromatic heterocycles. The predicted molar refractivity (Wildman–Crippen MR) is 238 cm³/mol. The van der Waals surface area contributed by atoms with Gasteiger partial charge >= 0.3 is 8.56 Å². The van der Waals surface area contributed by atoms with Gasteiger partial charge in [0.25, 0.3) is 0 Å². The van der Waals surface area contributed by atoms with E-state index >= 15 is 0 Å². The summed E-state index contributed by atoms with van der Waals surface area (Å²) in [5.74, 6) is 0.907. The van der Waals surface area contributed by atoms with E-state index in [0.29, 0.717) is 13.1 Å². The minimum Gasteiger partial charge on any atom is -0.395 e. The van der Waals surface area contributed by atoms with Crippen molar-refractivity contribution in [2.24, 2.45) is 5.92 Å². The highest BCUT2D eigenvalue weighted by molar-refractivity contribution is 6.64. The van der Waals surface area contributed by atoms with Crippen LogP contribution in [0.4, 0.5) is 0 Å². The van der Waals surface area contributed by atoms with Gasteiger partial charge in [0.1, 0.15) is 6.29 Å². The van der Waals surface area contributed by atoms with Crippen LogP contribution in [0.25, 0.3) is 0 Å². The maximum atomic E-state index is 9.22. The van der Waals surface area contributed by atoms with Crippen molar-refractivity contribution in [1.82, 2.24) is 4.90 Å².